The SMILES string of the molecule is CC(C)CCNC(=O)Nc1ccc(C(=O)NC2CCCC2)cc1. The second kappa shape index (κ2) is 8.56. The van der Waals surface area contributed by atoms with Crippen LogP contribution in [0.15, 0.2) is 24.3 Å². The molecule has 1 aromatic carbocycles. The van der Waals surface area contributed by atoms with Crippen molar-refractivity contribution in [3.8, 4) is 0 Å². The Bertz CT molecular complexity index is 520. The Morgan fingerprint density at radius 1 is 1.13 bits per heavy atom. The van der Waals surface area contributed by atoms with Gasteiger partial charge in [-0.1, -0.05) is 26.7 Å². The van der Waals surface area contributed by atoms with Crippen LogP contribution in [0.25, 0.3) is 0 Å². The molecule has 0 bridgehead atoms. The summed E-state index contributed by atoms with van der Waals surface area (Å²) >= 11 is 0. The van der Waals surface area contributed by atoms with Crippen molar-refractivity contribution in [3.63, 3.8) is 0 Å². The van der Waals surface area contributed by atoms with E-state index in [9.17, 15) is 9.59 Å². The van der Waals surface area contributed by atoms with Crippen molar-refractivity contribution >= 4 is 17.6 Å². The van der Waals surface area contributed by atoms with Crippen LogP contribution in [0.4, 0.5) is 10.5 Å². The first-order valence-corrected chi connectivity index (χ1v) is 8.50. The Kier molecular flexibility index (Phi) is 6.44. The van der Waals surface area contributed by atoms with Gasteiger partial charge in [-0.05, 0) is 49.4 Å². The van der Waals surface area contributed by atoms with Crippen molar-refractivity contribution in [2.75, 3.05) is 11.9 Å². The van der Waals surface area contributed by atoms with Crippen LogP contribution in [0, 0.1) is 5.92 Å². The quantitative estimate of drug-likeness (QED) is 0.751. The molecular weight excluding hydrogens is 290 g/mol. The highest BCUT2D eigenvalue weighted by Gasteiger charge is 2.17. The molecule has 1 saturated carbocycles. The largest absolute Gasteiger partial charge is 0.349 e. The summed E-state index contributed by atoms with van der Waals surface area (Å²) in [5.41, 5.74) is 1.31. The summed E-state index contributed by atoms with van der Waals surface area (Å²) in [4.78, 5) is 23.9. The molecule has 1 aromatic rings. The number of anilines is 1. The zero-order chi connectivity index (χ0) is 16.7. The molecule has 0 unspecified atom stereocenters. The van der Waals surface area contributed by atoms with E-state index in [1.165, 1.54) is 12.8 Å². The van der Waals surface area contributed by atoms with Gasteiger partial charge in [0.25, 0.3) is 5.91 Å². The molecule has 0 aliphatic heterocycles. The van der Waals surface area contributed by atoms with E-state index in [1.54, 1.807) is 24.3 Å². The third-order valence-electron chi connectivity index (χ3n) is 4.10. The van der Waals surface area contributed by atoms with Gasteiger partial charge in [0.15, 0.2) is 0 Å². The molecule has 126 valence electrons. The molecule has 0 spiro atoms. The van der Waals surface area contributed by atoms with Gasteiger partial charge in [0.1, 0.15) is 0 Å². The molecule has 0 aromatic heterocycles. The fourth-order valence-electron chi connectivity index (χ4n) is 2.69. The van der Waals surface area contributed by atoms with Crippen molar-refractivity contribution in [1.29, 1.82) is 0 Å². The fourth-order valence-corrected chi connectivity index (χ4v) is 2.69. The molecule has 3 amide bonds. The van der Waals surface area contributed by atoms with E-state index in [0.717, 1.165) is 19.3 Å². The normalized spacial score (nSPS) is 14.7. The molecule has 1 aliphatic carbocycles. The molecule has 1 aliphatic rings. The molecule has 0 atom stereocenters. The number of amides is 3. The Labute approximate surface area is 138 Å². The van der Waals surface area contributed by atoms with Gasteiger partial charge >= 0.3 is 6.03 Å². The van der Waals surface area contributed by atoms with Gasteiger partial charge in [0.05, 0.1) is 0 Å². The van der Waals surface area contributed by atoms with E-state index in [4.69, 9.17) is 0 Å². The number of carbonyl (C=O) groups excluding carboxylic acids is 2. The zero-order valence-electron chi connectivity index (χ0n) is 14.0. The Morgan fingerprint density at radius 3 is 2.39 bits per heavy atom. The number of hydrogen-bond acceptors (Lipinski definition) is 2. The summed E-state index contributed by atoms with van der Waals surface area (Å²) in [6, 6.07) is 7.10. The highest BCUT2D eigenvalue weighted by Crippen LogP contribution is 2.18. The minimum absolute atomic E-state index is 0.0372. The molecule has 1 fully saturated rings. The number of rotatable bonds is 6. The summed E-state index contributed by atoms with van der Waals surface area (Å²) < 4.78 is 0. The summed E-state index contributed by atoms with van der Waals surface area (Å²) in [7, 11) is 0. The van der Waals surface area contributed by atoms with Crippen LogP contribution in [0.1, 0.15) is 56.3 Å². The van der Waals surface area contributed by atoms with Crippen molar-refractivity contribution in [2.45, 2.75) is 52.0 Å². The lowest BCUT2D eigenvalue weighted by atomic mass is 10.1. The van der Waals surface area contributed by atoms with Crippen LogP contribution >= 0.6 is 0 Å². The lowest BCUT2D eigenvalue weighted by Crippen LogP contribution is -2.32. The lowest BCUT2D eigenvalue weighted by molar-refractivity contribution is 0.0938. The molecule has 0 heterocycles. The maximum atomic E-state index is 12.1. The minimum Gasteiger partial charge on any atom is -0.349 e. The molecule has 5 nitrogen and oxygen atoms in total. The predicted molar refractivity (Wildman–Crippen MR) is 92.6 cm³/mol. The van der Waals surface area contributed by atoms with Crippen LogP contribution in [0.3, 0.4) is 0 Å². The first kappa shape index (κ1) is 17.3. The highest BCUT2D eigenvalue weighted by atomic mass is 16.2. The third kappa shape index (κ3) is 5.93. The molecular formula is C18H27N3O2. The molecule has 5 heteroatoms. The van der Waals surface area contributed by atoms with Crippen LogP contribution in [-0.4, -0.2) is 24.5 Å². The van der Waals surface area contributed by atoms with E-state index in [0.29, 0.717) is 29.8 Å². The molecule has 3 N–H and O–H groups in total. The number of urea groups is 1. The highest BCUT2D eigenvalue weighted by molar-refractivity contribution is 5.95. The van der Waals surface area contributed by atoms with Gasteiger partial charge in [0.2, 0.25) is 0 Å². The standard InChI is InChI=1S/C18H27N3O2/c1-13(2)11-12-19-18(23)21-16-9-7-14(8-10-16)17(22)20-15-5-3-4-6-15/h7-10,13,15H,3-6,11-12H2,1-2H3,(H,20,22)(H2,19,21,23). The van der Waals surface area contributed by atoms with Gasteiger partial charge in [-0.15, -0.1) is 0 Å². The second-order valence-corrected chi connectivity index (χ2v) is 6.60. The van der Waals surface area contributed by atoms with Gasteiger partial charge in [0, 0.05) is 23.8 Å². The minimum atomic E-state index is -0.214. The Balaban J connectivity index is 1.79. The maximum Gasteiger partial charge on any atom is 0.319 e. The number of nitrogens with one attached hydrogen (secondary N) is 3. The first-order valence-electron chi connectivity index (χ1n) is 8.50. The van der Waals surface area contributed by atoms with E-state index in [1.807, 2.05) is 0 Å². The average molecular weight is 317 g/mol. The average Bonchev–Trinajstić information content (AvgIpc) is 3.00. The molecule has 23 heavy (non-hydrogen) atoms. The first-order chi connectivity index (χ1) is 11.0. The van der Waals surface area contributed by atoms with Gasteiger partial charge < -0.3 is 16.0 Å². The summed E-state index contributed by atoms with van der Waals surface area (Å²) in [6.07, 6.45) is 5.48. The smallest absolute Gasteiger partial charge is 0.319 e. The van der Waals surface area contributed by atoms with Crippen LogP contribution in [-0.2, 0) is 0 Å². The van der Waals surface area contributed by atoms with E-state index >= 15 is 0 Å². The van der Waals surface area contributed by atoms with Gasteiger partial charge in [-0.2, -0.15) is 0 Å². The van der Waals surface area contributed by atoms with E-state index < -0.39 is 0 Å². The fraction of sp³-hybridized carbons (Fsp3) is 0.556. The number of benzene rings is 1. The third-order valence-corrected chi connectivity index (χ3v) is 4.10. The van der Waals surface area contributed by atoms with Crippen LogP contribution < -0.4 is 16.0 Å². The number of carbonyl (C=O) groups is 2. The summed E-state index contributed by atoms with van der Waals surface area (Å²) in [5.74, 6) is 0.526. The van der Waals surface area contributed by atoms with Crippen molar-refractivity contribution in [3.05, 3.63) is 29.8 Å². The Hall–Kier alpha value is -2.04. The van der Waals surface area contributed by atoms with Crippen molar-refractivity contribution < 1.29 is 9.59 Å². The molecule has 2 rings (SSSR count). The monoisotopic (exact) mass is 317 g/mol. The lowest BCUT2D eigenvalue weighted by Gasteiger charge is -2.12. The van der Waals surface area contributed by atoms with Crippen LogP contribution in [0.2, 0.25) is 0 Å². The van der Waals surface area contributed by atoms with E-state index in [-0.39, 0.29) is 11.9 Å². The summed E-state index contributed by atoms with van der Waals surface area (Å²) in [5, 5.41) is 8.65. The molecule has 0 saturated heterocycles. The van der Waals surface area contributed by atoms with Gasteiger partial charge in [-0.3, -0.25) is 4.79 Å². The van der Waals surface area contributed by atoms with Gasteiger partial charge in [-0.25, -0.2) is 4.79 Å². The van der Waals surface area contributed by atoms with Crippen molar-refractivity contribution in [2.24, 2.45) is 5.92 Å². The summed E-state index contributed by atoms with van der Waals surface area (Å²) in [6.45, 7) is 4.90. The van der Waals surface area contributed by atoms with E-state index in [2.05, 4.69) is 29.8 Å². The topological polar surface area (TPSA) is 70.2 Å². The maximum absolute atomic E-state index is 12.1. The second-order valence-electron chi connectivity index (χ2n) is 6.60. The molecule has 0 radical (unpaired) electrons. The van der Waals surface area contributed by atoms with Crippen molar-refractivity contribution in [1.82, 2.24) is 10.6 Å². The predicted octanol–water partition coefficient (Wildman–Crippen LogP) is 3.53. The number of hydrogen-bond donors (Lipinski definition) is 3. The Morgan fingerprint density at radius 2 is 1.78 bits per heavy atom. The van der Waals surface area contributed by atoms with Crippen LogP contribution in [0.5, 0.6) is 0 Å². The zero-order valence-corrected chi connectivity index (χ0v) is 14.0.